The highest BCUT2D eigenvalue weighted by molar-refractivity contribution is 7.80. The molecular weight excluding hydrogens is 238 g/mol. The molecular formula is C11H19N3O2S. The van der Waals surface area contributed by atoms with Crippen LogP contribution in [0.15, 0.2) is 0 Å². The number of hydrogen-bond donors (Lipinski definition) is 1. The number of nitrogens with one attached hydrogen (secondary N) is 1. The van der Waals surface area contributed by atoms with Gasteiger partial charge in [0.15, 0.2) is 11.2 Å². The maximum atomic E-state index is 8.78. The zero-order chi connectivity index (χ0) is 12.5. The van der Waals surface area contributed by atoms with Crippen molar-refractivity contribution in [2.24, 2.45) is 0 Å². The Morgan fingerprint density at radius 2 is 2.53 bits per heavy atom. The summed E-state index contributed by atoms with van der Waals surface area (Å²) in [5.41, 5.74) is 0. The fourth-order valence-electron chi connectivity index (χ4n) is 1.54. The molecule has 96 valence electrons. The maximum Gasteiger partial charge on any atom is 0.169 e. The van der Waals surface area contributed by atoms with Crippen LogP contribution < -0.4 is 5.32 Å². The molecule has 0 amide bonds. The van der Waals surface area contributed by atoms with Crippen LogP contribution in [0.3, 0.4) is 0 Å². The summed E-state index contributed by atoms with van der Waals surface area (Å²) >= 11 is 5.26. The summed E-state index contributed by atoms with van der Waals surface area (Å²) in [5.74, 6) is 0. The van der Waals surface area contributed by atoms with E-state index in [1.54, 1.807) is 0 Å². The monoisotopic (exact) mass is 257 g/mol. The second-order valence-corrected chi connectivity index (χ2v) is 4.10. The summed E-state index contributed by atoms with van der Waals surface area (Å²) in [7, 11) is 0. The number of nitriles is 1. The highest BCUT2D eigenvalue weighted by Gasteiger charge is 2.21. The van der Waals surface area contributed by atoms with E-state index in [1.807, 2.05) is 11.8 Å². The van der Waals surface area contributed by atoms with Gasteiger partial charge in [0, 0.05) is 26.3 Å². The van der Waals surface area contributed by atoms with Gasteiger partial charge in [-0.05, 0) is 25.6 Å². The Morgan fingerprint density at radius 1 is 1.71 bits per heavy atom. The molecule has 1 fully saturated rings. The molecule has 0 aromatic heterocycles. The lowest BCUT2D eigenvalue weighted by molar-refractivity contribution is 0.0262. The summed E-state index contributed by atoms with van der Waals surface area (Å²) in [4.78, 5) is 1.98. The van der Waals surface area contributed by atoms with Gasteiger partial charge >= 0.3 is 0 Å². The average molecular weight is 257 g/mol. The summed E-state index contributed by atoms with van der Waals surface area (Å²) < 4.78 is 10.5. The molecule has 1 unspecified atom stereocenters. The Balaban J connectivity index is 2.16. The minimum Gasteiger partial charge on any atom is -0.382 e. The zero-order valence-electron chi connectivity index (χ0n) is 10.1. The van der Waals surface area contributed by atoms with Crippen LogP contribution >= 0.6 is 12.2 Å². The third-order valence-corrected chi connectivity index (χ3v) is 2.85. The molecule has 0 aromatic rings. The van der Waals surface area contributed by atoms with Gasteiger partial charge in [-0.1, -0.05) is 0 Å². The predicted octanol–water partition coefficient (Wildman–Crippen LogP) is 0.512. The van der Waals surface area contributed by atoms with Gasteiger partial charge in [-0.25, -0.2) is 0 Å². The third kappa shape index (κ3) is 5.31. The van der Waals surface area contributed by atoms with Crippen molar-refractivity contribution < 1.29 is 9.47 Å². The molecule has 1 aliphatic rings. The van der Waals surface area contributed by atoms with Crippen LogP contribution in [0.4, 0.5) is 0 Å². The molecule has 0 radical (unpaired) electrons. The van der Waals surface area contributed by atoms with Crippen LogP contribution in [-0.2, 0) is 9.47 Å². The Bertz CT molecular complexity index is 280. The lowest BCUT2D eigenvalue weighted by atomic mass is 10.3. The predicted molar refractivity (Wildman–Crippen MR) is 68.6 cm³/mol. The van der Waals surface area contributed by atoms with E-state index in [4.69, 9.17) is 27.0 Å². The summed E-state index contributed by atoms with van der Waals surface area (Å²) in [6.45, 7) is 6.12. The number of ether oxygens (including phenoxy) is 2. The van der Waals surface area contributed by atoms with Gasteiger partial charge in [0.05, 0.1) is 19.2 Å². The molecule has 1 heterocycles. The fourth-order valence-corrected chi connectivity index (χ4v) is 1.81. The van der Waals surface area contributed by atoms with Crippen LogP contribution in [0, 0.1) is 11.3 Å². The standard InChI is InChI=1S/C11H19N3O2S/c1-2-15-6-3-4-13-11(17)14-5-7-16-10(8-12)9-14/h10H,2-7,9H2,1H3,(H,13,17). The van der Waals surface area contributed by atoms with E-state index in [9.17, 15) is 0 Å². The molecule has 0 saturated carbocycles. The van der Waals surface area contributed by atoms with Crippen molar-refractivity contribution >= 4 is 17.3 Å². The second-order valence-electron chi connectivity index (χ2n) is 3.72. The Morgan fingerprint density at radius 3 is 3.24 bits per heavy atom. The molecule has 6 heteroatoms. The maximum absolute atomic E-state index is 8.78. The number of morpholine rings is 1. The zero-order valence-corrected chi connectivity index (χ0v) is 11.0. The first kappa shape index (κ1) is 14.2. The van der Waals surface area contributed by atoms with E-state index in [1.165, 1.54) is 0 Å². The fraction of sp³-hybridized carbons (Fsp3) is 0.818. The van der Waals surface area contributed by atoms with Crippen LogP contribution in [-0.4, -0.2) is 55.6 Å². The van der Waals surface area contributed by atoms with E-state index in [-0.39, 0.29) is 6.10 Å². The smallest absolute Gasteiger partial charge is 0.169 e. The summed E-state index contributed by atoms with van der Waals surface area (Å²) in [6.07, 6.45) is 0.562. The molecule has 1 rings (SSSR count). The molecule has 17 heavy (non-hydrogen) atoms. The molecule has 5 nitrogen and oxygen atoms in total. The summed E-state index contributed by atoms with van der Waals surface area (Å²) in [5, 5.41) is 12.6. The molecule has 1 N–H and O–H groups in total. The minimum absolute atomic E-state index is 0.369. The molecule has 0 bridgehead atoms. The van der Waals surface area contributed by atoms with E-state index >= 15 is 0 Å². The Labute approximate surface area is 108 Å². The quantitative estimate of drug-likeness (QED) is 0.572. The molecule has 0 aliphatic carbocycles. The van der Waals surface area contributed by atoms with Crippen LogP contribution in [0.5, 0.6) is 0 Å². The number of rotatable bonds is 5. The lowest BCUT2D eigenvalue weighted by Crippen LogP contribution is -2.49. The Hall–Kier alpha value is -0.900. The van der Waals surface area contributed by atoms with Crippen molar-refractivity contribution in [3.8, 4) is 6.07 Å². The van der Waals surface area contributed by atoms with Crippen LogP contribution in [0.1, 0.15) is 13.3 Å². The molecule has 1 saturated heterocycles. The summed E-state index contributed by atoms with van der Waals surface area (Å²) in [6, 6.07) is 2.10. The van der Waals surface area contributed by atoms with Gasteiger partial charge < -0.3 is 19.7 Å². The van der Waals surface area contributed by atoms with Gasteiger partial charge in [0.25, 0.3) is 0 Å². The van der Waals surface area contributed by atoms with Gasteiger partial charge in [0.2, 0.25) is 0 Å². The van der Waals surface area contributed by atoms with Crippen molar-refractivity contribution in [3.63, 3.8) is 0 Å². The first-order valence-electron chi connectivity index (χ1n) is 5.89. The minimum atomic E-state index is -0.369. The first-order valence-corrected chi connectivity index (χ1v) is 6.30. The second kappa shape index (κ2) is 8.23. The van der Waals surface area contributed by atoms with Gasteiger partial charge in [-0.3, -0.25) is 0 Å². The highest BCUT2D eigenvalue weighted by Crippen LogP contribution is 2.04. The van der Waals surface area contributed by atoms with E-state index in [0.29, 0.717) is 18.3 Å². The third-order valence-electron chi connectivity index (χ3n) is 2.44. The van der Waals surface area contributed by atoms with Crippen LogP contribution in [0.2, 0.25) is 0 Å². The largest absolute Gasteiger partial charge is 0.382 e. The van der Waals surface area contributed by atoms with Crippen molar-refractivity contribution in [2.45, 2.75) is 19.4 Å². The highest BCUT2D eigenvalue weighted by atomic mass is 32.1. The molecule has 0 spiro atoms. The van der Waals surface area contributed by atoms with E-state index in [0.717, 1.165) is 32.7 Å². The van der Waals surface area contributed by atoms with E-state index in [2.05, 4.69) is 11.4 Å². The van der Waals surface area contributed by atoms with Crippen molar-refractivity contribution in [3.05, 3.63) is 0 Å². The molecule has 1 aliphatic heterocycles. The average Bonchev–Trinajstić information content (AvgIpc) is 2.38. The van der Waals surface area contributed by atoms with Crippen molar-refractivity contribution in [1.29, 1.82) is 5.26 Å². The van der Waals surface area contributed by atoms with Gasteiger partial charge in [-0.2, -0.15) is 5.26 Å². The Kier molecular flexibility index (Phi) is 6.86. The topological polar surface area (TPSA) is 57.5 Å². The number of thiocarbonyl (C=S) groups is 1. The van der Waals surface area contributed by atoms with Gasteiger partial charge in [0.1, 0.15) is 0 Å². The first-order chi connectivity index (χ1) is 8.27. The SMILES string of the molecule is CCOCCCNC(=S)N1CCOC(C#N)C1. The van der Waals surface area contributed by atoms with Crippen molar-refractivity contribution in [1.82, 2.24) is 10.2 Å². The molecule has 0 aromatic carbocycles. The number of hydrogen-bond acceptors (Lipinski definition) is 4. The lowest BCUT2D eigenvalue weighted by Gasteiger charge is -2.31. The molecule has 1 atom stereocenters. The number of nitrogens with zero attached hydrogens (tertiary/aromatic N) is 2. The van der Waals surface area contributed by atoms with Gasteiger partial charge in [-0.15, -0.1) is 0 Å². The normalized spacial score (nSPS) is 19.8. The van der Waals surface area contributed by atoms with E-state index < -0.39 is 0 Å². The van der Waals surface area contributed by atoms with Crippen molar-refractivity contribution in [2.75, 3.05) is 39.5 Å². The van der Waals surface area contributed by atoms with Crippen LogP contribution in [0.25, 0.3) is 0 Å².